The number of carbonyl (C=O) groups excluding carboxylic acids is 3. The Kier molecular flexibility index (Phi) is 7.52. The van der Waals surface area contributed by atoms with Crippen molar-refractivity contribution in [2.24, 2.45) is 5.92 Å². The van der Waals surface area contributed by atoms with Crippen LogP contribution in [0.15, 0.2) is 97.1 Å². The average Bonchev–Trinajstić information content (AvgIpc) is 3.54. The van der Waals surface area contributed by atoms with E-state index in [1.54, 1.807) is 47.5 Å². The van der Waals surface area contributed by atoms with Crippen molar-refractivity contribution in [3.63, 3.8) is 0 Å². The van der Waals surface area contributed by atoms with Crippen LogP contribution in [0.3, 0.4) is 0 Å². The van der Waals surface area contributed by atoms with Crippen LogP contribution >= 0.6 is 0 Å². The molecule has 2 saturated heterocycles. The molecule has 10 heteroatoms. The van der Waals surface area contributed by atoms with Gasteiger partial charge in [0.05, 0.1) is 36.7 Å². The Morgan fingerprint density at radius 1 is 0.860 bits per heavy atom. The molecule has 2 aliphatic heterocycles. The molecule has 0 bridgehead atoms. The van der Waals surface area contributed by atoms with Crippen LogP contribution in [0.25, 0.3) is 0 Å². The minimum absolute atomic E-state index is 0.132. The number of nitrogens with zero attached hydrogens (tertiary/aromatic N) is 2. The van der Waals surface area contributed by atoms with Crippen molar-refractivity contribution >= 4 is 29.2 Å². The van der Waals surface area contributed by atoms with Gasteiger partial charge in [-0.3, -0.25) is 14.4 Å². The Morgan fingerprint density at radius 3 is 2.26 bits per heavy atom. The number of methoxy groups -OCH3 is 1. The molecule has 4 aromatic carbocycles. The molecule has 0 N–H and O–H groups in total. The summed E-state index contributed by atoms with van der Waals surface area (Å²) >= 11 is 0. The average molecular weight is 583 g/mol. The number of esters is 1. The van der Waals surface area contributed by atoms with Gasteiger partial charge in [-0.05, 0) is 85.3 Å². The van der Waals surface area contributed by atoms with Crippen LogP contribution in [0, 0.1) is 11.7 Å². The first kappa shape index (κ1) is 27.9. The van der Waals surface area contributed by atoms with Gasteiger partial charge < -0.3 is 14.2 Å². The van der Waals surface area contributed by atoms with E-state index in [4.69, 9.17) is 19.0 Å². The molecule has 0 spiro atoms. The van der Waals surface area contributed by atoms with E-state index in [1.165, 1.54) is 31.4 Å². The van der Waals surface area contributed by atoms with Crippen LogP contribution in [0.4, 0.5) is 15.8 Å². The zero-order chi connectivity index (χ0) is 30.1. The maximum absolute atomic E-state index is 14.0. The summed E-state index contributed by atoms with van der Waals surface area (Å²) < 4.78 is 29.9. The van der Waals surface area contributed by atoms with Gasteiger partial charge in [-0.15, -0.1) is 0 Å². The highest BCUT2D eigenvalue weighted by Crippen LogP contribution is 2.48. The minimum Gasteiger partial charge on any atom is -0.494 e. The quantitative estimate of drug-likeness (QED) is 0.153. The number of hydrogen-bond acceptors (Lipinski definition) is 8. The Balaban J connectivity index is 1.34. The largest absolute Gasteiger partial charge is 0.494 e. The van der Waals surface area contributed by atoms with Gasteiger partial charge in [-0.2, -0.15) is 0 Å². The second kappa shape index (κ2) is 11.6. The topological polar surface area (TPSA) is 94.6 Å². The molecule has 2 heterocycles. The summed E-state index contributed by atoms with van der Waals surface area (Å²) in [5.74, 6) is -1.94. The van der Waals surface area contributed by atoms with E-state index < -0.39 is 41.7 Å². The predicted octanol–water partition coefficient (Wildman–Crippen LogP) is 5.50. The standard InChI is InChI=1S/C33H27FN2O7/c1-3-41-25-16-14-23(15-17-25)35-31(37)28-29(36(43-30(28)32(35)38)24-7-5-4-6-8-24)21-11-18-26(27(19-21)40-2)42-33(39)20-9-12-22(34)13-10-20/h4-19,28-30H,3H2,1-2H3/t28-,29-,30+/m0/s1. The van der Waals surface area contributed by atoms with Gasteiger partial charge in [0.25, 0.3) is 5.91 Å². The maximum Gasteiger partial charge on any atom is 0.343 e. The van der Waals surface area contributed by atoms with E-state index in [1.807, 2.05) is 37.3 Å². The van der Waals surface area contributed by atoms with Gasteiger partial charge in [0.1, 0.15) is 17.5 Å². The summed E-state index contributed by atoms with van der Waals surface area (Å²) in [5.41, 5.74) is 1.84. The lowest BCUT2D eigenvalue weighted by Gasteiger charge is -2.29. The van der Waals surface area contributed by atoms with Crippen molar-refractivity contribution in [2.75, 3.05) is 23.7 Å². The molecular weight excluding hydrogens is 555 g/mol. The summed E-state index contributed by atoms with van der Waals surface area (Å²) in [6.45, 7) is 2.36. The molecule has 3 atom stereocenters. The molecule has 43 heavy (non-hydrogen) atoms. The van der Waals surface area contributed by atoms with Crippen molar-refractivity contribution in [1.29, 1.82) is 0 Å². The number of carbonyl (C=O) groups is 3. The van der Waals surface area contributed by atoms with E-state index in [-0.39, 0.29) is 17.1 Å². The number of halogens is 1. The Hall–Kier alpha value is -5.22. The molecule has 4 aromatic rings. The Bertz CT molecular complexity index is 1660. The van der Waals surface area contributed by atoms with Gasteiger partial charge in [0.15, 0.2) is 17.6 Å². The molecule has 218 valence electrons. The first-order valence-electron chi connectivity index (χ1n) is 13.7. The highest BCUT2D eigenvalue weighted by molar-refractivity contribution is 6.24. The predicted molar refractivity (Wildman–Crippen MR) is 154 cm³/mol. The number of anilines is 2. The highest BCUT2D eigenvalue weighted by Gasteiger charge is 2.60. The number of fused-ring (bicyclic) bond motifs is 1. The summed E-state index contributed by atoms with van der Waals surface area (Å²) in [4.78, 5) is 47.7. The van der Waals surface area contributed by atoms with Gasteiger partial charge >= 0.3 is 5.97 Å². The fraction of sp³-hybridized carbons (Fsp3) is 0.182. The fourth-order valence-corrected chi connectivity index (χ4v) is 5.36. The van der Waals surface area contributed by atoms with Crippen molar-refractivity contribution in [2.45, 2.75) is 19.1 Å². The molecule has 0 aromatic heterocycles. The zero-order valence-electron chi connectivity index (χ0n) is 23.3. The van der Waals surface area contributed by atoms with E-state index in [9.17, 15) is 18.8 Å². The van der Waals surface area contributed by atoms with Crippen molar-refractivity contribution in [1.82, 2.24) is 0 Å². The first-order valence-corrected chi connectivity index (χ1v) is 13.7. The number of hydrogen-bond donors (Lipinski definition) is 0. The first-order chi connectivity index (χ1) is 20.9. The van der Waals surface area contributed by atoms with Crippen LogP contribution in [-0.2, 0) is 14.4 Å². The summed E-state index contributed by atoms with van der Waals surface area (Å²) in [6, 6.07) is 25.1. The van der Waals surface area contributed by atoms with Crippen LogP contribution in [0.5, 0.6) is 17.2 Å². The normalized spacial score (nSPS) is 19.4. The zero-order valence-corrected chi connectivity index (χ0v) is 23.3. The maximum atomic E-state index is 14.0. The molecular formula is C33H27FN2O7. The van der Waals surface area contributed by atoms with E-state index in [2.05, 4.69) is 0 Å². The van der Waals surface area contributed by atoms with Gasteiger partial charge in [0, 0.05) is 0 Å². The highest BCUT2D eigenvalue weighted by atomic mass is 19.1. The van der Waals surface area contributed by atoms with Crippen molar-refractivity contribution < 1.29 is 37.8 Å². The molecule has 0 unspecified atom stereocenters. The van der Waals surface area contributed by atoms with Gasteiger partial charge in [-0.25, -0.2) is 19.1 Å². The van der Waals surface area contributed by atoms with Crippen LogP contribution in [-0.4, -0.2) is 37.6 Å². The molecule has 9 nitrogen and oxygen atoms in total. The van der Waals surface area contributed by atoms with Crippen LogP contribution in [0.1, 0.15) is 28.9 Å². The molecule has 2 amide bonds. The monoisotopic (exact) mass is 582 g/mol. The molecule has 0 aliphatic carbocycles. The molecule has 2 aliphatic rings. The smallest absolute Gasteiger partial charge is 0.343 e. The van der Waals surface area contributed by atoms with Gasteiger partial charge in [0.2, 0.25) is 5.91 Å². The summed E-state index contributed by atoms with van der Waals surface area (Å²) in [5, 5.41) is 1.57. The lowest BCUT2D eigenvalue weighted by Crippen LogP contribution is -2.37. The SMILES string of the molecule is CCOc1ccc(N2C(=O)[C@@H]3[C@@H](ON(c4ccccc4)[C@H]3c3ccc(OC(=O)c4ccc(F)cc4)c(OC)c3)C2=O)cc1. The van der Waals surface area contributed by atoms with Crippen molar-refractivity contribution in [3.8, 4) is 17.2 Å². The third-order valence-electron chi connectivity index (χ3n) is 7.34. The van der Waals surface area contributed by atoms with E-state index in [0.717, 1.165) is 4.90 Å². The second-order valence-corrected chi connectivity index (χ2v) is 9.90. The molecule has 0 radical (unpaired) electrons. The summed E-state index contributed by atoms with van der Waals surface area (Å²) in [6.07, 6.45) is -1.06. The lowest BCUT2D eigenvalue weighted by atomic mass is 9.90. The second-order valence-electron chi connectivity index (χ2n) is 9.90. The van der Waals surface area contributed by atoms with E-state index in [0.29, 0.717) is 29.3 Å². The molecule has 0 saturated carbocycles. The number of amides is 2. The number of para-hydroxylation sites is 1. The van der Waals surface area contributed by atoms with Gasteiger partial charge in [-0.1, -0.05) is 24.3 Å². The third kappa shape index (κ3) is 5.17. The third-order valence-corrected chi connectivity index (χ3v) is 7.34. The number of rotatable bonds is 8. The number of hydroxylamine groups is 1. The lowest BCUT2D eigenvalue weighted by molar-refractivity contribution is -0.126. The molecule has 2 fully saturated rings. The fourth-order valence-electron chi connectivity index (χ4n) is 5.36. The van der Waals surface area contributed by atoms with Crippen LogP contribution in [0.2, 0.25) is 0 Å². The number of benzene rings is 4. The summed E-state index contributed by atoms with van der Waals surface area (Å²) in [7, 11) is 1.43. The Morgan fingerprint density at radius 2 is 1.58 bits per heavy atom. The Labute approximate surface area is 246 Å². The number of imide groups is 1. The van der Waals surface area contributed by atoms with Crippen LogP contribution < -0.4 is 24.2 Å². The van der Waals surface area contributed by atoms with E-state index >= 15 is 0 Å². The minimum atomic E-state index is -1.06. The molecule has 6 rings (SSSR count). The van der Waals surface area contributed by atoms with Crippen molar-refractivity contribution in [3.05, 3.63) is 114 Å². The number of ether oxygens (including phenoxy) is 3.